The fourth-order valence-electron chi connectivity index (χ4n) is 2.63. The Morgan fingerprint density at radius 1 is 1.32 bits per heavy atom. The summed E-state index contributed by atoms with van der Waals surface area (Å²) in [6, 6.07) is 2.90. The lowest BCUT2D eigenvalue weighted by atomic mass is 10.2. The highest BCUT2D eigenvalue weighted by Crippen LogP contribution is 2.23. The van der Waals surface area contributed by atoms with Crippen LogP contribution in [-0.4, -0.2) is 79.2 Å². The van der Waals surface area contributed by atoms with Crippen molar-refractivity contribution in [3.63, 3.8) is 0 Å². The SMILES string of the molecule is C=CC(CCC(F)(F)F)OC(=O)c1ccnc(CNCC(=O)N(CC)CCN(C)C)c1. The minimum absolute atomic E-state index is 0.0431. The van der Waals surface area contributed by atoms with Crippen molar-refractivity contribution in [2.45, 2.75) is 38.6 Å². The molecule has 1 heterocycles. The second kappa shape index (κ2) is 13.1. The molecule has 1 rings (SSSR count). The Morgan fingerprint density at radius 3 is 2.61 bits per heavy atom. The highest BCUT2D eigenvalue weighted by molar-refractivity contribution is 5.89. The van der Waals surface area contributed by atoms with Gasteiger partial charge in [-0.25, -0.2) is 4.79 Å². The topological polar surface area (TPSA) is 74.8 Å². The smallest absolute Gasteiger partial charge is 0.389 e. The lowest BCUT2D eigenvalue weighted by Crippen LogP contribution is -2.41. The lowest BCUT2D eigenvalue weighted by Gasteiger charge is -2.23. The van der Waals surface area contributed by atoms with Gasteiger partial charge in [0, 0.05) is 38.8 Å². The van der Waals surface area contributed by atoms with E-state index in [1.165, 1.54) is 24.4 Å². The van der Waals surface area contributed by atoms with Gasteiger partial charge in [-0.3, -0.25) is 9.78 Å². The van der Waals surface area contributed by atoms with Crippen LogP contribution in [0.15, 0.2) is 31.0 Å². The molecular formula is C21H31F3N4O3. The van der Waals surface area contributed by atoms with E-state index in [2.05, 4.69) is 16.9 Å². The van der Waals surface area contributed by atoms with Crippen LogP contribution in [0.3, 0.4) is 0 Å². The summed E-state index contributed by atoms with van der Waals surface area (Å²) in [4.78, 5) is 32.4. The number of halogens is 3. The average molecular weight is 444 g/mol. The monoisotopic (exact) mass is 444 g/mol. The van der Waals surface area contributed by atoms with E-state index in [-0.39, 0.29) is 31.0 Å². The minimum atomic E-state index is -4.33. The van der Waals surface area contributed by atoms with E-state index in [9.17, 15) is 22.8 Å². The molecule has 0 fully saturated rings. The van der Waals surface area contributed by atoms with E-state index in [1.54, 1.807) is 4.90 Å². The number of ether oxygens (including phenoxy) is 1. The number of carbonyl (C=O) groups excluding carboxylic acids is 2. The zero-order valence-corrected chi connectivity index (χ0v) is 18.2. The zero-order valence-electron chi connectivity index (χ0n) is 18.2. The van der Waals surface area contributed by atoms with E-state index in [0.29, 0.717) is 18.8 Å². The molecule has 1 unspecified atom stereocenters. The molecule has 0 aliphatic carbocycles. The molecule has 0 spiro atoms. The van der Waals surface area contributed by atoms with Crippen molar-refractivity contribution >= 4 is 11.9 Å². The summed E-state index contributed by atoms with van der Waals surface area (Å²) < 4.78 is 42.2. The highest BCUT2D eigenvalue weighted by atomic mass is 19.4. The predicted octanol–water partition coefficient (Wildman–Crippen LogP) is 2.64. The first kappa shape index (κ1) is 26.6. The number of nitrogens with one attached hydrogen (secondary N) is 1. The quantitative estimate of drug-likeness (QED) is 0.373. The molecule has 0 aliphatic rings. The molecule has 0 aliphatic heterocycles. The fraction of sp³-hybridized carbons (Fsp3) is 0.571. The Balaban J connectivity index is 2.57. The Kier molecular flexibility index (Phi) is 11.2. The van der Waals surface area contributed by atoms with Crippen LogP contribution in [-0.2, 0) is 16.1 Å². The van der Waals surface area contributed by atoms with Gasteiger partial charge in [-0.1, -0.05) is 12.7 Å². The number of alkyl halides is 3. The van der Waals surface area contributed by atoms with Crippen LogP contribution in [0.2, 0.25) is 0 Å². The Bertz CT molecular complexity index is 726. The Labute approximate surface area is 181 Å². The molecule has 0 saturated heterocycles. The summed E-state index contributed by atoms with van der Waals surface area (Å²) in [5.41, 5.74) is 0.669. The minimum Gasteiger partial charge on any atom is -0.455 e. The van der Waals surface area contributed by atoms with E-state index in [1.807, 2.05) is 25.9 Å². The highest BCUT2D eigenvalue weighted by Gasteiger charge is 2.28. The number of likely N-dealkylation sites (N-methyl/N-ethyl adjacent to an activating group) is 2. The van der Waals surface area contributed by atoms with E-state index in [4.69, 9.17) is 4.74 Å². The third-order valence-corrected chi connectivity index (χ3v) is 4.42. The van der Waals surface area contributed by atoms with Gasteiger partial charge in [-0.15, -0.1) is 0 Å². The van der Waals surface area contributed by atoms with E-state index in [0.717, 1.165) is 6.54 Å². The van der Waals surface area contributed by atoms with Crippen LogP contribution in [0, 0.1) is 0 Å². The zero-order chi connectivity index (χ0) is 23.4. The van der Waals surface area contributed by atoms with Crippen LogP contribution < -0.4 is 5.32 Å². The molecule has 31 heavy (non-hydrogen) atoms. The van der Waals surface area contributed by atoms with Crippen molar-refractivity contribution in [2.75, 3.05) is 40.3 Å². The maximum Gasteiger partial charge on any atom is 0.389 e. The number of carbonyl (C=O) groups is 2. The molecule has 0 bridgehead atoms. The lowest BCUT2D eigenvalue weighted by molar-refractivity contribution is -0.139. The maximum atomic E-state index is 12.4. The molecular weight excluding hydrogens is 413 g/mol. The molecule has 0 aromatic carbocycles. The summed E-state index contributed by atoms with van der Waals surface area (Å²) in [6.45, 7) is 7.69. The van der Waals surface area contributed by atoms with Gasteiger partial charge in [0.05, 0.1) is 17.8 Å². The number of hydrogen-bond acceptors (Lipinski definition) is 6. The number of rotatable bonds is 13. The number of aromatic nitrogens is 1. The van der Waals surface area contributed by atoms with Crippen molar-refractivity contribution < 1.29 is 27.5 Å². The summed E-state index contributed by atoms with van der Waals surface area (Å²) in [6.07, 6.45) is -4.25. The molecule has 174 valence electrons. The third-order valence-electron chi connectivity index (χ3n) is 4.42. The Hall–Kier alpha value is -2.46. The van der Waals surface area contributed by atoms with Crippen molar-refractivity contribution in [1.29, 1.82) is 0 Å². The number of esters is 1. The van der Waals surface area contributed by atoms with Crippen LogP contribution in [0.5, 0.6) is 0 Å². The molecule has 10 heteroatoms. The van der Waals surface area contributed by atoms with Gasteiger partial charge in [0.2, 0.25) is 5.91 Å². The second-order valence-corrected chi connectivity index (χ2v) is 7.25. The number of pyridine rings is 1. The molecule has 1 N–H and O–H groups in total. The van der Waals surface area contributed by atoms with Crippen LogP contribution in [0.25, 0.3) is 0 Å². The average Bonchev–Trinajstić information content (AvgIpc) is 2.70. The summed E-state index contributed by atoms with van der Waals surface area (Å²) >= 11 is 0. The van der Waals surface area contributed by atoms with Crippen molar-refractivity contribution in [3.8, 4) is 0 Å². The number of nitrogens with zero attached hydrogens (tertiary/aromatic N) is 3. The molecule has 0 saturated carbocycles. The van der Waals surface area contributed by atoms with Crippen LogP contribution in [0.4, 0.5) is 13.2 Å². The fourth-order valence-corrected chi connectivity index (χ4v) is 2.63. The van der Waals surface area contributed by atoms with Gasteiger partial charge in [0.15, 0.2) is 0 Å². The molecule has 1 aromatic heterocycles. The third kappa shape index (κ3) is 10.9. The van der Waals surface area contributed by atoms with Crippen LogP contribution in [0.1, 0.15) is 35.8 Å². The second-order valence-electron chi connectivity index (χ2n) is 7.25. The van der Waals surface area contributed by atoms with Gasteiger partial charge in [0.1, 0.15) is 6.10 Å². The first-order valence-corrected chi connectivity index (χ1v) is 10.0. The van der Waals surface area contributed by atoms with Gasteiger partial charge < -0.3 is 19.9 Å². The van der Waals surface area contributed by atoms with Crippen molar-refractivity contribution in [1.82, 2.24) is 20.1 Å². The molecule has 7 nitrogen and oxygen atoms in total. The van der Waals surface area contributed by atoms with Gasteiger partial charge in [-0.2, -0.15) is 13.2 Å². The number of hydrogen-bond donors (Lipinski definition) is 1. The van der Waals surface area contributed by atoms with Gasteiger partial charge >= 0.3 is 12.1 Å². The van der Waals surface area contributed by atoms with Crippen LogP contribution >= 0.6 is 0 Å². The summed E-state index contributed by atoms with van der Waals surface area (Å²) in [5, 5.41) is 3.00. The first-order chi connectivity index (χ1) is 14.6. The van der Waals surface area contributed by atoms with Gasteiger partial charge in [-0.05, 0) is 39.6 Å². The first-order valence-electron chi connectivity index (χ1n) is 10.0. The van der Waals surface area contributed by atoms with Crippen molar-refractivity contribution in [3.05, 3.63) is 42.2 Å². The van der Waals surface area contributed by atoms with Crippen molar-refractivity contribution in [2.24, 2.45) is 0 Å². The van der Waals surface area contributed by atoms with Gasteiger partial charge in [0.25, 0.3) is 0 Å². The standard InChI is InChI=1S/C21H31F3N4O3/c1-5-18(7-9-21(22,23)24)31-20(30)16-8-10-26-17(13-16)14-25-15-19(29)28(6-2)12-11-27(3)4/h5,8,10,13,18,25H,1,6-7,9,11-12,14-15H2,2-4H3. The molecule has 1 amide bonds. The summed E-state index contributed by atoms with van der Waals surface area (Å²) in [5.74, 6) is -0.800. The molecule has 1 aromatic rings. The van der Waals surface area contributed by atoms with E-state index < -0.39 is 24.7 Å². The predicted molar refractivity (Wildman–Crippen MR) is 111 cm³/mol. The largest absolute Gasteiger partial charge is 0.455 e. The maximum absolute atomic E-state index is 12.4. The normalized spacial score (nSPS) is 12.5. The number of amides is 1. The molecule has 0 radical (unpaired) electrons. The van der Waals surface area contributed by atoms with E-state index >= 15 is 0 Å². The summed E-state index contributed by atoms with van der Waals surface area (Å²) in [7, 11) is 3.88. The Morgan fingerprint density at radius 2 is 2.03 bits per heavy atom. The molecule has 1 atom stereocenters.